The van der Waals surface area contributed by atoms with Crippen molar-refractivity contribution in [3.63, 3.8) is 0 Å². The Bertz CT molecular complexity index is 690. The predicted molar refractivity (Wildman–Crippen MR) is 95.4 cm³/mol. The molecule has 1 amide bonds. The van der Waals surface area contributed by atoms with Gasteiger partial charge in [0.25, 0.3) is 5.91 Å². The molecule has 1 unspecified atom stereocenters. The summed E-state index contributed by atoms with van der Waals surface area (Å²) >= 11 is 0. The van der Waals surface area contributed by atoms with Crippen LogP contribution in [0.15, 0.2) is 36.7 Å². The Morgan fingerprint density at radius 1 is 1.32 bits per heavy atom. The Kier molecular flexibility index (Phi) is 5.71. The molecule has 134 valence electrons. The van der Waals surface area contributed by atoms with Gasteiger partial charge in [0.1, 0.15) is 24.3 Å². The standard InChI is InChI=1S/C19H25N3O3/c1-14(25-17-5-3-4-6-17)19(23)21-15-7-9-16(10-8-15)24-13-18-20-11-12-22(18)2/h7-12,14,17H,3-6,13H2,1-2H3,(H,21,23). The van der Waals surface area contributed by atoms with Gasteiger partial charge in [0.05, 0.1) is 6.10 Å². The molecule has 1 N–H and O–H groups in total. The van der Waals surface area contributed by atoms with Crippen molar-refractivity contribution in [3.8, 4) is 5.75 Å². The van der Waals surface area contributed by atoms with Gasteiger partial charge in [-0.05, 0) is 44.0 Å². The van der Waals surface area contributed by atoms with E-state index >= 15 is 0 Å². The number of nitrogens with zero attached hydrogens (tertiary/aromatic N) is 2. The van der Waals surface area contributed by atoms with Gasteiger partial charge in [0, 0.05) is 25.1 Å². The SMILES string of the molecule is CC(OC1CCCC1)C(=O)Nc1ccc(OCc2nccn2C)cc1. The maximum atomic E-state index is 12.2. The first-order chi connectivity index (χ1) is 12.1. The van der Waals surface area contributed by atoms with Gasteiger partial charge in [0.15, 0.2) is 0 Å². The van der Waals surface area contributed by atoms with Crippen molar-refractivity contribution in [2.45, 2.75) is 51.4 Å². The molecule has 2 aromatic rings. The summed E-state index contributed by atoms with van der Waals surface area (Å²) in [5, 5.41) is 2.89. The molecule has 1 aliphatic rings. The van der Waals surface area contributed by atoms with Gasteiger partial charge in [-0.15, -0.1) is 0 Å². The Hall–Kier alpha value is -2.34. The molecule has 1 aliphatic carbocycles. The fourth-order valence-corrected chi connectivity index (χ4v) is 2.94. The molecule has 1 aromatic carbocycles. The second-order valence-corrected chi connectivity index (χ2v) is 6.44. The Morgan fingerprint density at radius 3 is 2.68 bits per heavy atom. The molecular weight excluding hydrogens is 318 g/mol. The highest BCUT2D eigenvalue weighted by atomic mass is 16.5. The number of nitrogens with one attached hydrogen (secondary N) is 1. The monoisotopic (exact) mass is 343 g/mol. The zero-order valence-electron chi connectivity index (χ0n) is 14.8. The highest BCUT2D eigenvalue weighted by molar-refractivity contribution is 5.93. The third-order valence-electron chi connectivity index (χ3n) is 4.48. The summed E-state index contributed by atoms with van der Waals surface area (Å²) < 4.78 is 13.4. The molecule has 0 radical (unpaired) electrons. The number of aromatic nitrogens is 2. The number of imidazole rings is 1. The van der Waals surface area contributed by atoms with Gasteiger partial charge >= 0.3 is 0 Å². The van der Waals surface area contributed by atoms with Gasteiger partial charge < -0.3 is 19.4 Å². The van der Waals surface area contributed by atoms with Crippen LogP contribution in [0.3, 0.4) is 0 Å². The molecule has 0 saturated heterocycles. The molecule has 0 aliphatic heterocycles. The number of hydrogen-bond donors (Lipinski definition) is 1. The first-order valence-electron chi connectivity index (χ1n) is 8.77. The lowest BCUT2D eigenvalue weighted by molar-refractivity contribution is -0.129. The lowest BCUT2D eigenvalue weighted by Gasteiger charge is -2.18. The van der Waals surface area contributed by atoms with E-state index in [4.69, 9.17) is 9.47 Å². The molecule has 3 rings (SSSR count). The first kappa shape index (κ1) is 17.5. The Labute approximate surface area is 148 Å². The summed E-state index contributed by atoms with van der Waals surface area (Å²) in [5.41, 5.74) is 0.733. The highest BCUT2D eigenvalue weighted by Gasteiger charge is 2.22. The van der Waals surface area contributed by atoms with Crippen molar-refractivity contribution >= 4 is 11.6 Å². The van der Waals surface area contributed by atoms with Crippen molar-refractivity contribution in [2.24, 2.45) is 7.05 Å². The lowest BCUT2D eigenvalue weighted by atomic mass is 10.2. The number of rotatable bonds is 7. The molecule has 6 heteroatoms. The molecule has 1 heterocycles. The summed E-state index contributed by atoms with van der Waals surface area (Å²) in [6.07, 6.45) is 7.90. The average molecular weight is 343 g/mol. The van der Waals surface area contributed by atoms with Crippen molar-refractivity contribution < 1.29 is 14.3 Å². The smallest absolute Gasteiger partial charge is 0.253 e. The van der Waals surface area contributed by atoms with Gasteiger partial charge in [-0.3, -0.25) is 4.79 Å². The van der Waals surface area contributed by atoms with E-state index in [-0.39, 0.29) is 12.0 Å². The van der Waals surface area contributed by atoms with Crippen LogP contribution in [0.2, 0.25) is 0 Å². The van der Waals surface area contributed by atoms with Gasteiger partial charge in [-0.25, -0.2) is 4.98 Å². The molecule has 1 atom stereocenters. The minimum Gasteiger partial charge on any atom is -0.486 e. The van der Waals surface area contributed by atoms with E-state index in [1.165, 1.54) is 12.8 Å². The third-order valence-corrected chi connectivity index (χ3v) is 4.48. The minimum absolute atomic E-state index is 0.117. The van der Waals surface area contributed by atoms with Crippen molar-refractivity contribution in [2.75, 3.05) is 5.32 Å². The van der Waals surface area contributed by atoms with E-state index in [0.717, 1.165) is 30.1 Å². The Morgan fingerprint density at radius 2 is 2.04 bits per heavy atom. The van der Waals surface area contributed by atoms with Crippen LogP contribution in [-0.4, -0.2) is 27.7 Å². The molecule has 0 bridgehead atoms. The van der Waals surface area contributed by atoms with Crippen LogP contribution in [0.25, 0.3) is 0 Å². The maximum absolute atomic E-state index is 12.2. The van der Waals surface area contributed by atoms with Crippen LogP contribution < -0.4 is 10.1 Å². The maximum Gasteiger partial charge on any atom is 0.253 e. The van der Waals surface area contributed by atoms with Crippen LogP contribution >= 0.6 is 0 Å². The number of carbonyl (C=O) groups is 1. The number of ether oxygens (including phenoxy) is 2. The fourth-order valence-electron chi connectivity index (χ4n) is 2.94. The van der Waals surface area contributed by atoms with E-state index in [2.05, 4.69) is 10.3 Å². The normalized spacial score (nSPS) is 15.9. The lowest BCUT2D eigenvalue weighted by Crippen LogP contribution is -2.30. The van der Waals surface area contributed by atoms with Crippen LogP contribution in [0, 0.1) is 0 Å². The van der Waals surface area contributed by atoms with E-state index in [0.29, 0.717) is 6.61 Å². The summed E-state index contributed by atoms with van der Waals surface area (Å²) in [6.45, 7) is 2.21. The number of amides is 1. The quantitative estimate of drug-likeness (QED) is 0.838. The summed E-state index contributed by atoms with van der Waals surface area (Å²) in [5.74, 6) is 1.47. The number of aryl methyl sites for hydroxylation is 1. The zero-order chi connectivity index (χ0) is 17.6. The third kappa shape index (κ3) is 4.82. The number of hydrogen-bond acceptors (Lipinski definition) is 4. The summed E-state index contributed by atoms with van der Waals surface area (Å²) in [6, 6.07) is 7.32. The highest BCUT2D eigenvalue weighted by Crippen LogP contribution is 2.23. The van der Waals surface area contributed by atoms with Crippen molar-refractivity contribution in [1.82, 2.24) is 9.55 Å². The van der Waals surface area contributed by atoms with Crippen LogP contribution in [0.5, 0.6) is 5.75 Å². The molecule has 1 aromatic heterocycles. The largest absolute Gasteiger partial charge is 0.486 e. The first-order valence-corrected chi connectivity index (χ1v) is 8.77. The molecular formula is C19H25N3O3. The van der Waals surface area contributed by atoms with Crippen LogP contribution in [-0.2, 0) is 23.2 Å². The predicted octanol–water partition coefficient (Wildman–Crippen LogP) is 3.29. The van der Waals surface area contributed by atoms with E-state index in [9.17, 15) is 4.79 Å². The molecule has 1 saturated carbocycles. The van der Waals surface area contributed by atoms with E-state index in [1.807, 2.05) is 42.1 Å². The Balaban J connectivity index is 1.48. The second-order valence-electron chi connectivity index (χ2n) is 6.44. The number of benzene rings is 1. The van der Waals surface area contributed by atoms with Crippen molar-refractivity contribution in [3.05, 3.63) is 42.5 Å². The summed E-state index contributed by atoms with van der Waals surface area (Å²) in [7, 11) is 1.93. The van der Waals surface area contributed by atoms with Crippen molar-refractivity contribution in [1.29, 1.82) is 0 Å². The van der Waals surface area contributed by atoms with Gasteiger partial charge in [-0.2, -0.15) is 0 Å². The molecule has 25 heavy (non-hydrogen) atoms. The molecule has 0 spiro atoms. The molecule has 6 nitrogen and oxygen atoms in total. The second kappa shape index (κ2) is 8.16. The average Bonchev–Trinajstić information content (AvgIpc) is 3.26. The van der Waals surface area contributed by atoms with Gasteiger partial charge in [-0.1, -0.05) is 12.8 Å². The number of anilines is 1. The molecule has 1 fully saturated rings. The zero-order valence-corrected chi connectivity index (χ0v) is 14.8. The van der Waals surface area contributed by atoms with Crippen LogP contribution in [0.4, 0.5) is 5.69 Å². The van der Waals surface area contributed by atoms with E-state index in [1.54, 1.807) is 13.1 Å². The fraction of sp³-hybridized carbons (Fsp3) is 0.474. The topological polar surface area (TPSA) is 65.4 Å². The summed E-state index contributed by atoms with van der Waals surface area (Å²) in [4.78, 5) is 16.4. The number of carbonyl (C=O) groups excluding carboxylic acids is 1. The van der Waals surface area contributed by atoms with Crippen LogP contribution in [0.1, 0.15) is 38.4 Å². The van der Waals surface area contributed by atoms with Gasteiger partial charge in [0.2, 0.25) is 0 Å². The van der Waals surface area contributed by atoms with E-state index < -0.39 is 6.10 Å². The minimum atomic E-state index is -0.442.